The molecule has 94 valence electrons. The third kappa shape index (κ3) is 2.33. The molecule has 3 rings (SSSR count). The van der Waals surface area contributed by atoms with Gasteiger partial charge in [0.1, 0.15) is 0 Å². The van der Waals surface area contributed by atoms with Crippen molar-refractivity contribution in [3.8, 4) is 0 Å². The first-order valence-corrected chi connectivity index (χ1v) is 7.74. The molecule has 0 aromatic carbocycles. The van der Waals surface area contributed by atoms with E-state index in [4.69, 9.17) is 0 Å². The van der Waals surface area contributed by atoms with Gasteiger partial charge in [-0.1, -0.05) is 6.92 Å². The number of amides is 1. The molecule has 0 saturated carbocycles. The number of aromatic nitrogens is 1. The summed E-state index contributed by atoms with van der Waals surface area (Å²) in [5, 5.41) is 5.36. The summed E-state index contributed by atoms with van der Waals surface area (Å²) in [4.78, 5) is 18.3. The van der Waals surface area contributed by atoms with Gasteiger partial charge in [-0.25, -0.2) is 4.98 Å². The largest absolute Gasteiger partial charge is 0.297 e. The summed E-state index contributed by atoms with van der Waals surface area (Å²) in [5.41, 5.74) is 1.36. The number of thiazole rings is 1. The molecule has 0 spiro atoms. The molecule has 1 N–H and O–H groups in total. The van der Waals surface area contributed by atoms with Gasteiger partial charge in [0.2, 0.25) is 0 Å². The number of hydrogen-bond donors (Lipinski definition) is 1. The molecule has 1 atom stereocenters. The van der Waals surface area contributed by atoms with Crippen molar-refractivity contribution in [1.82, 2.24) is 4.98 Å². The molecule has 0 bridgehead atoms. The second-order valence-electron chi connectivity index (χ2n) is 4.70. The number of anilines is 1. The highest BCUT2D eigenvalue weighted by molar-refractivity contribution is 7.15. The van der Waals surface area contributed by atoms with E-state index in [9.17, 15) is 4.79 Å². The van der Waals surface area contributed by atoms with Crippen molar-refractivity contribution in [3.63, 3.8) is 0 Å². The van der Waals surface area contributed by atoms with E-state index in [1.807, 2.05) is 5.38 Å². The Morgan fingerprint density at radius 2 is 2.44 bits per heavy atom. The van der Waals surface area contributed by atoms with E-state index in [2.05, 4.69) is 23.3 Å². The minimum atomic E-state index is -0.0306. The van der Waals surface area contributed by atoms with Crippen molar-refractivity contribution in [2.45, 2.75) is 26.2 Å². The van der Waals surface area contributed by atoms with Crippen LogP contribution in [0, 0.1) is 5.92 Å². The number of aryl methyl sites for hydroxylation is 1. The van der Waals surface area contributed by atoms with Crippen LogP contribution in [0.3, 0.4) is 0 Å². The molecule has 0 radical (unpaired) electrons. The molecule has 1 aliphatic carbocycles. The molecular formula is C13H14N2OS2. The van der Waals surface area contributed by atoms with Gasteiger partial charge in [-0.15, -0.1) is 22.7 Å². The maximum atomic E-state index is 12.1. The first-order valence-electron chi connectivity index (χ1n) is 6.05. The first kappa shape index (κ1) is 11.9. The van der Waals surface area contributed by atoms with Crippen LogP contribution in [0.15, 0.2) is 17.6 Å². The lowest BCUT2D eigenvalue weighted by Crippen LogP contribution is -2.09. The summed E-state index contributed by atoms with van der Waals surface area (Å²) in [5.74, 6) is 0.707. The van der Waals surface area contributed by atoms with Gasteiger partial charge in [-0.3, -0.25) is 10.1 Å². The van der Waals surface area contributed by atoms with Gasteiger partial charge in [0.25, 0.3) is 5.91 Å². The van der Waals surface area contributed by atoms with Crippen LogP contribution in [0.5, 0.6) is 0 Å². The highest BCUT2D eigenvalue weighted by atomic mass is 32.1. The summed E-state index contributed by atoms with van der Waals surface area (Å²) in [6.45, 7) is 2.27. The molecule has 5 heteroatoms. The standard InChI is InChI=1S/C13H14N2OS2/c1-8-2-3-10-9(6-8)7-11(18-10)12(16)15-13-14-4-5-17-13/h4-5,7-8H,2-3,6H2,1H3,(H,14,15,16)/t8-/m1/s1. The van der Waals surface area contributed by atoms with Crippen molar-refractivity contribution >= 4 is 33.7 Å². The summed E-state index contributed by atoms with van der Waals surface area (Å²) in [6, 6.07) is 2.05. The van der Waals surface area contributed by atoms with Crippen LogP contribution < -0.4 is 5.32 Å². The van der Waals surface area contributed by atoms with Crippen LogP contribution in [0.1, 0.15) is 33.5 Å². The van der Waals surface area contributed by atoms with Gasteiger partial charge < -0.3 is 0 Å². The lowest BCUT2D eigenvalue weighted by Gasteiger charge is -2.16. The van der Waals surface area contributed by atoms with Crippen molar-refractivity contribution in [2.24, 2.45) is 5.92 Å². The van der Waals surface area contributed by atoms with Gasteiger partial charge in [0.15, 0.2) is 5.13 Å². The number of carbonyl (C=O) groups excluding carboxylic acids is 1. The quantitative estimate of drug-likeness (QED) is 0.912. The third-order valence-corrected chi connectivity index (χ3v) is 5.13. The number of carbonyl (C=O) groups is 1. The molecule has 1 aliphatic rings. The van der Waals surface area contributed by atoms with E-state index in [1.54, 1.807) is 17.5 Å². The fraction of sp³-hybridized carbons (Fsp3) is 0.385. The zero-order valence-electron chi connectivity index (χ0n) is 10.1. The fourth-order valence-electron chi connectivity index (χ4n) is 2.26. The Bertz CT molecular complexity index is 560. The van der Waals surface area contributed by atoms with E-state index >= 15 is 0 Å². The Morgan fingerprint density at radius 1 is 1.56 bits per heavy atom. The summed E-state index contributed by atoms with van der Waals surface area (Å²) in [7, 11) is 0. The summed E-state index contributed by atoms with van der Waals surface area (Å²) < 4.78 is 0. The molecule has 0 unspecified atom stereocenters. The smallest absolute Gasteiger partial charge is 0.267 e. The van der Waals surface area contributed by atoms with E-state index in [0.29, 0.717) is 5.13 Å². The molecule has 2 aromatic heterocycles. The molecule has 0 aliphatic heterocycles. The van der Waals surface area contributed by atoms with Gasteiger partial charge in [0.05, 0.1) is 4.88 Å². The number of nitrogens with zero attached hydrogens (tertiary/aromatic N) is 1. The number of hydrogen-bond acceptors (Lipinski definition) is 4. The van der Waals surface area contributed by atoms with Crippen LogP contribution >= 0.6 is 22.7 Å². The number of nitrogens with one attached hydrogen (secondary N) is 1. The Morgan fingerprint density at radius 3 is 3.22 bits per heavy atom. The van der Waals surface area contributed by atoms with Crippen molar-refractivity contribution in [1.29, 1.82) is 0 Å². The van der Waals surface area contributed by atoms with Crippen LogP contribution in [0.2, 0.25) is 0 Å². The van der Waals surface area contributed by atoms with Crippen LogP contribution in [0.25, 0.3) is 0 Å². The lowest BCUT2D eigenvalue weighted by molar-refractivity contribution is 0.103. The Labute approximate surface area is 114 Å². The first-order chi connectivity index (χ1) is 8.72. The Kier molecular flexibility index (Phi) is 3.18. The van der Waals surface area contributed by atoms with Gasteiger partial charge in [-0.2, -0.15) is 0 Å². The predicted octanol–water partition coefficient (Wildman–Crippen LogP) is 3.58. The van der Waals surface area contributed by atoms with E-state index in [0.717, 1.165) is 23.6 Å². The fourth-order valence-corrected chi connectivity index (χ4v) is 3.89. The van der Waals surface area contributed by atoms with E-state index in [-0.39, 0.29) is 5.91 Å². The lowest BCUT2D eigenvalue weighted by atomic mass is 9.90. The molecule has 0 fully saturated rings. The van der Waals surface area contributed by atoms with Crippen molar-refractivity contribution in [3.05, 3.63) is 33.0 Å². The van der Waals surface area contributed by atoms with Gasteiger partial charge in [0, 0.05) is 16.5 Å². The third-order valence-electron chi connectivity index (χ3n) is 3.21. The highest BCUT2D eigenvalue weighted by Crippen LogP contribution is 2.32. The molecule has 2 heterocycles. The zero-order valence-corrected chi connectivity index (χ0v) is 11.7. The van der Waals surface area contributed by atoms with Gasteiger partial charge >= 0.3 is 0 Å². The molecule has 2 aromatic rings. The van der Waals surface area contributed by atoms with Crippen molar-refractivity contribution < 1.29 is 4.79 Å². The molecule has 1 amide bonds. The summed E-state index contributed by atoms with van der Waals surface area (Å²) >= 11 is 3.07. The molecular weight excluding hydrogens is 264 g/mol. The van der Waals surface area contributed by atoms with E-state index < -0.39 is 0 Å². The number of rotatable bonds is 2. The zero-order chi connectivity index (χ0) is 12.5. The maximum absolute atomic E-state index is 12.1. The summed E-state index contributed by atoms with van der Waals surface area (Å²) in [6.07, 6.45) is 5.16. The molecule has 0 saturated heterocycles. The highest BCUT2D eigenvalue weighted by Gasteiger charge is 2.20. The van der Waals surface area contributed by atoms with Crippen molar-refractivity contribution in [2.75, 3.05) is 5.32 Å². The number of fused-ring (bicyclic) bond motifs is 1. The van der Waals surface area contributed by atoms with Crippen LogP contribution in [0.4, 0.5) is 5.13 Å². The average Bonchev–Trinajstić information content (AvgIpc) is 2.96. The second-order valence-corrected chi connectivity index (χ2v) is 6.73. The SMILES string of the molecule is C[C@@H]1CCc2sc(C(=O)Nc3nccs3)cc2C1. The molecule has 18 heavy (non-hydrogen) atoms. The van der Waals surface area contributed by atoms with Crippen LogP contribution in [-0.2, 0) is 12.8 Å². The average molecular weight is 278 g/mol. The molecule has 3 nitrogen and oxygen atoms in total. The van der Waals surface area contributed by atoms with Gasteiger partial charge in [-0.05, 0) is 36.8 Å². The normalized spacial score (nSPS) is 18.4. The maximum Gasteiger partial charge on any atom is 0.267 e. The minimum Gasteiger partial charge on any atom is -0.297 e. The monoisotopic (exact) mass is 278 g/mol. The Hall–Kier alpha value is -1.20. The Balaban J connectivity index is 1.78. The second kappa shape index (κ2) is 4.82. The number of thiophene rings is 1. The minimum absolute atomic E-state index is 0.0306. The van der Waals surface area contributed by atoms with Crippen LogP contribution in [-0.4, -0.2) is 10.9 Å². The predicted molar refractivity (Wildman–Crippen MR) is 75.6 cm³/mol. The van der Waals surface area contributed by atoms with E-state index in [1.165, 1.54) is 28.2 Å². The topological polar surface area (TPSA) is 42.0 Å².